The highest BCUT2D eigenvalue weighted by atomic mass is 32.1. The number of benzene rings is 1. The van der Waals surface area contributed by atoms with Crippen molar-refractivity contribution in [2.75, 3.05) is 26.1 Å². The topological polar surface area (TPSA) is 117 Å². The molecule has 0 spiro atoms. The molecule has 3 heterocycles. The standard InChI is InChI=1S/C29H34N4O6S/c1-15-23(27-32-20-8-6-7-9-22(20)40-27)26(31-21-10-16(14-34)24-25(21)39-29(2,3)38-24)33-28(30-15)37-19-12-17(35-4)11-18(13-19)36-5/h6-9,11-12,16,18,21,24-25,34H,10,13-14H2,1-5H3,(H,30,31,33)/t16-,18?,21-,24?,25?/m1/s1. The van der Waals surface area contributed by atoms with E-state index in [4.69, 9.17) is 38.6 Å². The lowest BCUT2D eigenvalue weighted by Crippen LogP contribution is -2.35. The number of hydrogen-bond donors (Lipinski definition) is 2. The molecule has 0 radical (unpaired) electrons. The van der Waals surface area contributed by atoms with Gasteiger partial charge in [0.25, 0.3) is 0 Å². The van der Waals surface area contributed by atoms with Crippen molar-refractivity contribution in [1.29, 1.82) is 0 Å². The number of aryl methyl sites for hydroxylation is 1. The number of aliphatic hydroxyl groups excluding tert-OH is 1. The number of nitrogens with zero attached hydrogens (tertiary/aromatic N) is 3. The Hall–Kier alpha value is -3.09. The number of allylic oxidation sites excluding steroid dienone is 1. The SMILES string of the molecule is COC1=CC(OC)CC(Oc2nc(C)c(-c3nc4ccccc4s3)c(N[C@@H]3C[C@H](CO)C4OC(C)(C)OC43)n2)=C1. The van der Waals surface area contributed by atoms with Crippen molar-refractivity contribution in [1.82, 2.24) is 15.0 Å². The zero-order valence-corrected chi connectivity index (χ0v) is 24.0. The fraction of sp³-hybridized carbons (Fsp3) is 0.483. The number of thiazole rings is 1. The van der Waals surface area contributed by atoms with E-state index in [-0.39, 0.29) is 42.9 Å². The van der Waals surface area contributed by atoms with Gasteiger partial charge in [0.05, 0.1) is 46.8 Å². The third-order valence-corrected chi connectivity index (χ3v) is 8.59. The summed E-state index contributed by atoms with van der Waals surface area (Å²) in [4.78, 5) is 14.5. The number of methoxy groups -OCH3 is 2. The average Bonchev–Trinajstić information content (AvgIpc) is 3.58. The lowest BCUT2D eigenvalue weighted by atomic mass is 10.1. The molecule has 2 fully saturated rings. The lowest BCUT2D eigenvalue weighted by molar-refractivity contribution is -0.158. The van der Waals surface area contributed by atoms with Gasteiger partial charge in [-0.1, -0.05) is 12.1 Å². The number of fused-ring (bicyclic) bond motifs is 2. The van der Waals surface area contributed by atoms with Crippen LogP contribution in [0, 0.1) is 12.8 Å². The van der Waals surface area contributed by atoms with Crippen molar-refractivity contribution >= 4 is 27.4 Å². The zero-order chi connectivity index (χ0) is 28.0. The molecule has 1 saturated carbocycles. The van der Waals surface area contributed by atoms with Gasteiger partial charge in [0.2, 0.25) is 0 Å². The third kappa shape index (κ3) is 5.19. The molecular weight excluding hydrogens is 532 g/mol. The first-order valence-corrected chi connectivity index (χ1v) is 14.2. The second-order valence-electron chi connectivity index (χ2n) is 10.8. The minimum Gasteiger partial charge on any atom is -0.497 e. The Labute approximate surface area is 237 Å². The largest absolute Gasteiger partial charge is 0.497 e. The normalized spacial score (nSPS) is 27.3. The molecule has 3 unspecified atom stereocenters. The molecule has 3 aliphatic rings. The minimum absolute atomic E-state index is 0.0187. The maximum absolute atomic E-state index is 10.1. The van der Waals surface area contributed by atoms with E-state index in [0.29, 0.717) is 30.2 Å². The number of hydrogen-bond acceptors (Lipinski definition) is 11. The number of ether oxygens (including phenoxy) is 5. The van der Waals surface area contributed by atoms with Gasteiger partial charge >= 0.3 is 6.01 Å². The summed E-state index contributed by atoms with van der Waals surface area (Å²) in [5.74, 6) is 1.11. The van der Waals surface area contributed by atoms with Crippen LogP contribution in [-0.2, 0) is 18.9 Å². The van der Waals surface area contributed by atoms with Crippen LogP contribution in [0.4, 0.5) is 5.82 Å². The summed E-state index contributed by atoms with van der Waals surface area (Å²) in [6.07, 6.45) is 4.29. The van der Waals surface area contributed by atoms with Crippen LogP contribution in [0.3, 0.4) is 0 Å². The van der Waals surface area contributed by atoms with Crippen molar-refractivity contribution in [2.24, 2.45) is 5.92 Å². The van der Waals surface area contributed by atoms with Crippen LogP contribution < -0.4 is 10.1 Å². The van der Waals surface area contributed by atoms with Crippen molar-refractivity contribution < 1.29 is 28.8 Å². The Kier molecular flexibility index (Phi) is 7.26. The van der Waals surface area contributed by atoms with Crippen LogP contribution in [0.5, 0.6) is 6.01 Å². The second-order valence-corrected chi connectivity index (χ2v) is 11.8. The van der Waals surface area contributed by atoms with E-state index in [1.807, 2.05) is 51.1 Å². The van der Waals surface area contributed by atoms with Crippen LogP contribution in [0.2, 0.25) is 0 Å². The molecule has 212 valence electrons. The molecule has 0 amide bonds. The average molecular weight is 567 g/mol. The van der Waals surface area contributed by atoms with Crippen LogP contribution in [0.1, 0.15) is 32.4 Å². The smallest absolute Gasteiger partial charge is 0.323 e. The van der Waals surface area contributed by atoms with Gasteiger partial charge in [-0.25, -0.2) is 4.98 Å². The first kappa shape index (κ1) is 27.1. The first-order chi connectivity index (χ1) is 19.3. The van der Waals surface area contributed by atoms with Gasteiger partial charge in [0, 0.05) is 32.1 Å². The molecule has 2 aromatic heterocycles. The highest BCUT2D eigenvalue weighted by molar-refractivity contribution is 7.21. The molecule has 1 saturated heterocycles. The molecule has 0 bridgehead atoms. The fourth-order valence-corrected chi connectivity index (χ4v) is 6.75. The van der Waals surface area contributed by atoms with E-state index < -0.39 is 5.79 Å². The number of nitrogens with one attached hydrogen (secondary N) is 1. The van der Waals surface area contributed by atoms with E-state index in [1.54, 1.807) is 25.6 Å². The summed E-state index contributed by atoms with van der Waals surface area (Å²) in [7, 11) is 3.26. The quantitative estimate of drug-likeness (QED) is 0.401. The van der Waals surface area contributed by atoms with E-state index >= 15 is 0 Å². The second kappa shape index (κ2) is 10.7. The maximum atomic E-state index is 10.1. The summed E-state index contributed by atoms with van der Waals surface area (Å²) >= 11 is 1.59. The molecule has 11 heteroatoms. The Morgan fingerprint density at radius 2 is 1.93 bits per heavy atom. The van der Waals surface area contributed by atoms with Gasteiger partial charge in [-0.2, -0.15) is 9.97 Å². The minimum atomic E-state index is -0.729. The van der Waals surface area contributed by atoms with E-state index in [9.17, 15) is 5.11 Å². The summed E-state index contributed by atoms with van der Waals surface area (Å²) in [5, 5.41) is 14.5. The van der Waals surface area contributed by atoms with Gasteiger partial charge in [-0.3, -0.25) is 0 Å². The highest BCUT2D eigenvalue weighted by Crippen LogP contribution is 2.44. The fourth-order valence-electron chi connectivity index (χ4n) is 5.69. The Morgan fingerprint density at radius 1 is 1.12 bits per heavy atom. The number of rotatable bonds is 8. The molecular formula is C29H34N4O6S. The Morgan fingerprint density at radius 3 is 2.67 bits per heavy atom. The van der Waals surface area contributed by atoms with Crippen molar-refractivity contribution in [3.8, 4) is 16.6 Å². The van der Waals surface area contributed by atoms with E-state index in [0.717, 1.165) is 26.5 Å². The molecule has 6 rings (SSSR count). The van der Waals surface area contributed by atoms with Crippen molar-refractivity contribution in [3.05, 3.63) is 53.6 Å². The van der Waals surface area contributed by atoms with Gasteiger partial charge in [-0.05, 0) is 45.4 Å². The van der Waals surface area contributed by atoms with Gasteiger partial charge in [0.15, 0.2) is 5.79 Å². The summed E-state index contributed by atoms with van der Waals surface area (Å²) in [6.45, 7) is 5.75. The third-order valence-electron chi connectivity index (χ3n) is 7.53. The maximum Gasteiger partial charge on any atom is 0.323 e. The molecule has 2 aliphatic carbocycles. The monoisotopic (exact) mass is 566 g/mol. The molecule has 1 aliphatic heterocycles. The van der Waals surface area contributed by atoms with Gasteiger partial charge < -0.3 is 34.1 Å². The Balaban J connectivity index is 1.38. The van der Waals surface area contributed by atoms with Crippen LogP contribution >= 0.6 is 11.3 Å². The van der Waals surface area contributed by atoms with Gasteiger partial charge in [-0.15, -0.1) is 11.3 Å². The van der Waals surface area contributed by atoms with Crippen LogP contribution in [0.15, 0.2) is 47.9 Å². The first-order valence-electron chi connectivity index (χ1n) is 13.4. The van der Waals surface area contributed by atoms with Crippen molar-refractivity contribution in [2.45, 2.75) is 63.8 Å². The number of aromatic nitrogens is 3. The van der Waals surface area contributed by atoms with E-state index in [2.05, 4.69) is 11.4 Å². The predicted molar refractivity (Wildman–Crippen MR) is 151 cm³/mol. The molecule has 3 aromatic rings. The van der Waals surface area contributed by atoms with Crippen molar-refractivity contribution in [3.63, 3.8) is 0 Å². The van der Waals surface area contributed by atoms with Crippen LogP contribution in [0.25, 0.3) is 20.8 Å². The predicted octanol–water partition coefficient (Wildman–Crippen LogP) is 4.59. The lowest BCUT2D eigenvalue weighted by Gasteiger charge is -2.25. The Bertz CT molecular complexity index is 1440. The highest BCUT2D eigenvalue weighted by Gasteiger charge is 2.54. The zero-order valence-electron chi connectivity index (χ0n) is 23.2. The van der Waals surface area contributed by atoms with Gasteiger partial charge in [0.1, 0.15) is 28.4 Å². The summed E-state index contributed by atoms with van der Waals surface area (Å²) < 4.78 is 30.7. The molecule has 5 atom stereocenters. The number of anilines is 1. The summed E-state index contributed by atoms with van der Waals surface area (Å²) in [6, 6.07) is 8.10. The number of para-hydroxylation sites is 1. The van der Waals surface area contributed by atoms with Crippen LogP contribution in [-0.4, -0.2) is 71.0 Å². The molecule has 2 N–H and O–H groups in total. The molecule has 10 nitrogen and oxygen atoms in total. The number of aliphatic hydroxyl groups is 1. The summed E-state index contributed by atoms with van der Waals surface area (Å²) in [5.41, 5.74) is 2.45. The molecule has 40 heavy (non-hydrogen) atoms. The molecule has 1 aromatic carbocycles. The van der Waals surface area contributed by atoms with E-state index in [1.165, 1.54) is 0 Å².